The minimum Gasteiger partial charge on any atom is -0.377 e. The molecule has 0 aromatic heterocycles. The summed E-state index contributed by atoms with van der Waals surface area (Å²) < 4.78 is 1.13. The second kappa shape index (κ2) is 8.18. The number of nitrogens with two attached hydrogens (primary N) is 1. The highest BCUT2D eigenvalue weighted by Crippen LogP contribution is 2.26. The summed E-state index contributed by atoms with van der Waals surface area (Å²) in [5.74, 6) is 0. The summed E-state index contributed by atoms with van der Waals surface area (Å²) in [7, 11) is 4.07. The smallest absolute Gasteiger partial charge is 0.0505 e. The molecule has 1 aromatic rings. The fraction of sp³-hybridized carbons (Fsp3) is 0.455. The molecule has 2 N–H and O–H groups in total. The Kier molecular flexibility index (Phi) is 9.41. The molecule has 1 atom stereocenters. The van der Waals surface area contributed by atoms with Crippen molar-refractivity contribution >= 4 is 46.4 Å². The lowest BCUT2D eigenvalue weighted by Crippen LogP contribution is -2.18. The van der Waals surface area contributed by atoms with Crippen LogP contribution < -0.4 is 10.6 Å². The van der Waals surface area contributed by atoms with Crippen molar-refractivity contribution in [3.8, 4) is 0 Å². The second-order valence-corrected chi connectivity index (χ2v) is 4.72. The van der Waals surface area contributed by atoms with Crippen molar-refractivity contribution in [2.45, 2.75) is 19.4 Å². The van der Waals surface area contributed by atoms with Gasteiger partial charge in [0.25, 0.3) is 0 Å². The topological polar surface area (TPSA) is 29.3 Å². The largest absolute Gasteiger partial charge is 0.377 e. The molecule has 0 heterocycles. The van der Waals surface area contributed by atoms with E-state index in [2.05, 4.69) is 39.0 Å². The summed E-state index contributed by atoms with van der Waals surface area (Å²) >= 11 is 3.56. The Bertz CT molecular complexity index is 317. The van der Waals surface area contributed by atoms with Gasteiger partial charge >= 0.3 is 0 Å². The summed E-state index contributed by atoms with van der Waals surface area (Å²) in [6, 6.07) is 6.59. The zero-order valence-corrected chi connectivity index (χ0v) is 13.0. The zero-order valence-electron chi connectivity index (χ0n) is 9.74. The van der Waals surface area contributed by atoms with Crippen LogP contribution in [0.25, 0.3) is 0 Å². The lowest BCUT2D eigenvalue weighted by Gasteiger charge is -2.15. The van der Waals surface area contributed by atoms with Crippen molar-refractivity contribution in [3.63, 3.8) is 0 Å². The third kappa shape index (κ3) is 5.39. The monoisotopic (exact) mass is 328 g/mol. The number of rotatable bonds is 3. The number of hydrogen-bond acceptors (Lipinski definition) is 2. The van der Waals surface area contributed by atoms with Crippen molar-refractivity contribution < 1.29 is 0 Å². The lowest BCUT2D eigenvalue weighted by molar-refractivity contribution is 0.738. The SMILES string of the molecule is CC(N)Cc1ccc(N(C)C)c(Br)c1.Cl.Cl. The molecular formula is C11H19BrCl2N2. The van der Waals surface area contributed by atoms with Crippen LogP contribution in [-0.2, 0) is 6.42 Å². The number of hydrogen-bond donors (Lipinski definition) is 1. The summed E-state index contributed by atoms with van der Waals surface area (Å²) in [6.07, 6.45) is 0.923. The zero-order chi connectivity index (χ0) is 10.7. The Hall–Kier alpha value is 0.0400. The van der Waals surface area contributed by atoms with Gasteiger partial charge in [-0.1, -0.05) is 6.07 Å². The van der Waals surface area contributed by atoms with E-state index >= 15 is 0 Å². The number of halogens is 3. The molecule has 94 valence electrons. The van der Waals surface area contributed by atoms with Gasteiger partial charge in [0.15, 0.2) is 0 Å². The summed E-state index contributed by atoms with van der Waals surface area (Å²) in [4.78, 5) is 2.08. The average Bonchev–Trinajstić information content (AvgIpc) is 2.01. The van der Waals surface area contributed by atoms with Gasteiger partial charge in [-0.25, -0.2) is 0 Å². The van der Waals surface area contributed by atoms with Crippen LogP contribution in [0, 0.1) is 0 Å². The predicted octanol–water partition coefficient (Wildman–Crippen LogP) is 3.25. The molecule has 0 radical (unpaired) electrons. The second-order valence-electron chi connectivity index (χ2n) is 3.86. The van der Waals surface area contributed by atoms with Gasteiger partial charge in [0.05, 0.1) is 5.69 Å². The average molecular weight is 330 g/mol. The summed E-state index contributed by atoms with van der Waals surface area (Å²) in [5.41, 5.74) is 8.22. The predicted molar refractivity (Wildman–Crippen MR) is 80.3 cm³/mol. The first-order valence-corrected chi connectivity index (χ1v) is 5.51. The number of nitrogens with zero attached hydrogens (tertiary/aromatic N) is 1. The molecule has 0 aliphatic rings. The van der Waals surface area contributed by atoms with Crippen molar-refractivity contribution in [2.75, 3.05) is 19.0 Å². The van der Waals surface area contributed by atoms with Crippen LogP contribution in [0.15, 0.2) is 22.7 Å². The molecule has 0 bridgehead atoms. The number of anilines is 1. The van der Waals surface area contributed by atoms with E-state index in [1.165, 1.54) is 11.3 Å². The Morgan fingerprint density at radius 1 is 1.31 bits per heavy atom. The van der Waals surface area contributed by atoms with Crippen LogP contribution in [0.2, 0.25) is 0 Å². The first-order chi connectivity index (χ1) is 6.50. The molecule has 2 nitrogen and oxygen atoms in total. The Balaban J connectivity index is 0. The first-order valence-electron chi connectivity index (χ1n) is 4.72. The van der Waals surface area contributed by atoms with Gasteiger partial charge in [0.1, 0.15) is 0 Å². The molecule has 0 saturated carbocycles. The van der Waals surface area contributed by atoms with E-state index in [0.29, 0.717) is 0 Å². The van der Waals surface area contributed by atoms with Crippen LogP contribution in [-0.4, -0.2) is 20.1 Å². The van der Waals surface area contributed by atoms with E-state index in [1.807, 2.05) is 21.0 Å². The molecule has 1 unspecified atom stereocenters. The van der Waals surface area contributed by atoms with Gasteiger partial charge < -0.3 is 10.6 Å². The van der Waals surface area contributed by atoms with E-state index in [1.54, 1.807) is 0 Å². The molecule has 0 saturated heterocycles. The van der Waals surface area contributed by atoms with E-state index in [-0.39, 0.29) is 30.9 Å². The molecule has 1 rings (SSSR count). The highest BCUT2D eigenvalue weighted by Gasteiger charge is 2.04. The molecule has 1 aromatic carbocycles. The molecular weight excluding hydrogens is 311 g/mol. The van der Waals surface area contributed by atoms with Gasteiger partial charge in [0, 0.05) is 24.6 Å². The van der Waals surface area contributed by atoms with Gasteiger partial charge in [-0.05, 0) is 47.0 Å². The molecule has 5 heteroatoms. The molecule has 0 amide bonds. The molecule has 16 heavy (non-hydrogen) atoms. The first kappa shape index (κ1) is 18.4. The van der Waals surface area contributed by atoms with Gasteiger partial charge in [-0.2, -0.15) is 0 Å². The van der Waals surface area contributed by atoms with Crippen molar-refractivity contribution in [1.29, 1.82) is 0 Å². The molecule has 0 aliphatic carbocycles. The maximum absolute atomic E-state index is 5.75. The van der Waals surface area contributed by atoms with Crippen molar-refractivity contribution in [2.24, 2.45) is 5.73 Å². The fourth-order valence-electron chi connectivity index (χ4n) is 1.41. The molecule has 0 fully saturated rings. The van der Waals surface area contributed by atoms with Crippen molar-refractivity contribution in [1.82, 2.24) is 0 Å². The minimum absolute atomic E-state index is 0. The van der Waals surface area contributed by atoms with E-state index < -0.39 is 0 Å². The van der Waals surface area contributed by atoms with Crippen LogP contribution in [0.5, 0.6) is 0 Å². The van der Waals surface area contributed by atoms with Gasteiger partial charge in [-0.15, -0.1) is 24.8 Å². The molecule has 0 spiro atoms. The van der Waals surface area contributed by atoms with E-state index in [4.69, 9.17) is 5.73 Å². The standard InChI is InChI=1S/C11H17BrN2.2ClH/c1-8(13)6-9-4-5-11(14(2)3)10(12)7-9;;/h4-5,7-8H,6,13H2,1-3H3;2*1H. The highest BCUT2D eigenvalue weighted by atomic mass is 79.9. The Morgan fingerprint density at radius 2 is 1.88 bits per heavy atom. The van der Waals surface area contributed by atoms with Gasteiger partial charge in [-0.3, -0.25) is 0 Å². The normalized spacial score (nSPS) is 11.1. The maximum atomic E-state index is 5.75. The molecule has 0 aliphatic heterocycles. The maximum Gasteiger partial charge on any atom is 0.0505 e. The Labute approximate surface area is 119 Å². The Morgan fingerprint density at radius 3 is 2.25 bits per heavy atom. The van der Waals surface area contributed by atoms with E-state index in [9.17, 15) is 0 Å². The van der Waals surface area contributed by atoms with Crippen LogP contribution >= 0.6 is 40.7 Å². The van der Waals surface area contributed by atoms with E-state index in [0.717, 1.165) is 10.9 Å². The third-order valence-corrected chi connectivity index (χ3v) is 2.69. The summed E-state index contributed by atoms with van der Waals surface area (Å²) in [6.45, 7) is 2.02. The fourth-order valence-corrected chi connectivity index (χ4v) is 2.19. The number of benzene rings is 1. The highest BCUT2D eigenvalue weighted by molar-refractivity contribution is 9.10. The van der Waals surface area contributed by atoms with Crippen LogP contribution in [0.1, 0.15) is 12.5 Å². The van der Waals surface area contributed by atoms with Crippen molar-refractivity contribution in [3.05, 3.63) is 28.2 Å². The minimum atomic E-state index is 0. The quantitative estimate of drug-likeness (QED) is 0.922. The lowest BCUT2D eigenvalue weighted by atomic mass is 10.1. The summed E-state index contributed by atoms with van der Waals surface area (Å²) in [5, 5.41) is 0. The third-order valence-electron chi connectivity index (χ3n) is 2.05. The van der Waals surface area contributed by atoms with Crippen LogP contribution in [0.3, 0.4) is 0 Å². The van der Waals surface area contributed by atoms with Crippen LogP contribution in [0.4, 0.5) is 5.69 Å². The van der Waals surface area contributed by atoms with Gasteiger partial charge in [0.2, 0.25) is 0 Å².